The molecule has 2 heterocycles. The lowest BCUT2D eigenvalue weighted by Crippen LogP contribution is -2.13. The number of rotatable bonds is 7. The second kappa shape index (κ2) is 7.81. The first kappa shape index (κ1) is 17.8. The van der Waals surface area contributed by atoms with Crippen molar-refractivity contribution in [2.45, 2.75) is 0 Å². The minimum Gasteiger partial charge on any atom is -0.475 e. The van der Waals surface area contributed by atoms with Crippen LogP contribution >= 0.6 is 0 Å². The van der Waals surface area contributed by atoms with Crippen LogP contribution in [0.15, 0.2) is 33.1 Å². The van der Waals surface area contributed by atoms with Crippen molar-refractivity contribution in [2.24, 2.45) is 0 Å². The Kier molecular flexibility index (Phi) is 5.56. The lowest BCUT2D eigenvalue weighted by Gasteiger charge is -2.04. The predicted molar refractivity (Wildman–Crippen MR) is 76.3 cm³/mol. The Morgan fingerprint density at radius 2 is 1.20 bits per heavy atom. The van der Waals surface area contributed by atoms with Crippen LogP contribution in [0, 0.1) is 0 Å². The van der Waals surface area contributed by atoms with E-state index in [1.807, 2.05) is 0 Å². The number of carboxylic acids is 1. The number of methoxy groups -OCH3 is 1. The van der Waals surface area contributed by atoms with Crippen molar-refractivity contribution < 1.29 is 47.3 Å². The Labute approximate surface area is 139 Å². The Bertz CT molecular complexity index is 797. The van der Waals surface area contributed by atoms with Crippen LogP contribution in [0.4, 0.5) is 0 Å². The van der Waals surface area contributed by atoms with E-state index < -0.39 is 29.6 Å². The molecule has 0 aliphatic carbocycles. The average molecular weight is 352 g/mol. The fourth-order valence-corrected chi connectivity index (χ4v) is 1.63. The minimum atomic E-state index is -1.32. The molecule has 2 rings (SSSR count). The Hall–Kier alpha value is -3.56. The molecule has 0 unspecified atom stereocenters. The van der Waals surface area contributed by atoms with Crippen LogP contribution in [-0.2, 0) is 14.2 Å². The summed E-state index contributed by atoms with van der Waals surface area (Å²) in [5.41, 5.74) is 0. The number of esters is 3. The minimum absolute atomic E-state index is 0.159. The summed E-state index contributed by atoms with van der Waals surface area (Å²) in [6.45, 7) is -0.580. The summed E-state index contributed by atoms with van der Waals surface area (Å²) in [4.78, 5) is 45.1. The maximum atomic E-state index is 11.7. The molecule has 25 heavy (non-hydrogen) atoms. The zero-order valence-corrected chi connectivity index (χ0v) is 12.8. The smallest absolute Gasteiger partial charge is 0.374 e. The van der Waals surface area contributed by atoms with Gasteiger partial charge in [-0.2, -0.15) is 0 Å². The lowest BCUT2D eigenvalue weighted by atomic mass is 10.4. The number of carbonyl (C=O) groups is 4. The first-order chi connectivity index (χ1) is 11.9. The van der Waals surface area contributed by atoms with E-state index in [9.17, 15) is 19.2 Å². The summed E-state index contributed by atoms with van der Waals surface area (Å²) < 4.78 is 23.7. The van der Waals surface area contributed by atoms with Gasteiger partial charge in [-0.05, 0) is 24.3 Å². The van der Waals surface area contributed by atoms with Gasteiger partial charge >= 0.3 is 23.9 Å². The molecule has 0 radical (unpaired) electrons. The highest BCUT2D eigenvalue weighted by Gasteiger charge is 2.18. The van der Waals surface area contributed by atoms with Gasteiger partial charge in [0.05, 0.1) is 7.11 Å². The quantitative estimate of drug-likeness (QED) is 0.441. The van der Waals surface area contributed by atoms with E-state index in [4.69, 9.17) is 23.4 Å². The molecular weight excluding hydrogens is 340 g/mol. The topological polar surface area (TPSA) is 142 Å². The number of carbonyl (C=O) groups excluding carboxylic acids is 3. The van der Waals surface area contributed by atoms with E-state index in [0.717, 1.165) is 19.2 Å². The molecule has 2 aromatic rings. The standard InChI is InChI=1S/C15H12O10/c1-21-13(18)9-4-5-11(25-9)15(20)23-7-6-22-14(19)10-3-2-8(24-10)12(16)17/h2-5H,6-7H2,1H3,(H,16,17). The van der Waals surface area contributed by atoms with Gasteiger partial charge in [-0.3, -0.25) is 0 Å². The number of carboxylic acid groups (broad SMARTS) is 1. The second-order valence-electron chi connectivity index (χ2n) is 4.40. The van der Waals surface area contributed by atoms with Gasteiger partial charge in [-0.1, -0.05) is 0 Å². The zero-order valence-electron chi connectivity index (χ0n) is 12.8. The molecule has 10 nitrogen and oxygen atoms in total. The lowest BCUT2D eigenvalue weighted by molar-refractivity contribution is 0.0225. The molecule has 0 fully saturated rings. The SMILES string of the molecule is COC(=O)c1ccc(C(=O)OCCOC(=O)c2ccc(C(=O)O)o2)o1. The van der Waals surface area contributed by atoms with Crippen molar-refractivity contribution in [2.75, 3.05) is 20.3 Å². The van der Waals surface area contributed by atoms with E-state index in [-0.39, 0.29) is 30.5 Å². The monoisotopic (exact) mass is 352 g/mol. The van der Waals surface area contributed by atoms with Crippen LogP contribution in [0.25, 0.3) is 0 Å². The van der Waals surface area contributed by atoms with E-state index in [0.29, 0.717) is 0 Å². The van der Waals surface area contributed by atoms with E-state index >= 15 is 0 Å². The van der Waals surface area contributed by atoms with Gasteiger partial charge in [0.1, 0.15) is 13.2 Å². The van der Waals surface area contributed by atoms with Crippen molar-refractivity contribution in [3.8, 4) is 0 Å². The molecule has 0 bridgehead atoms. The van der Waals surface area contributed by atoms with Crippen LogP contribution in [0.3, 0.4) is 0 Å². The molecule has 0 atom stereocenters. The van der Waals surface area contributed by atoms with Crippen LogP contribution in [-0.4, -0.2) is 49.3 Å². The van der Waals surface area contributed by atoms with Crippen LogP contribution in [0.5, 0.6) is 0 Å². The van der Waals surface area contributed by atoms with Gasteiger partial charge in [0.25, 0.3) is 0 Å². The van der Waals surface area contributed by atoms with Crippen LogP contribution in [0.1, 0.15) is 42.2 Å². The molecule has 10 heteroatoms. The van der Waals surface area contributed by atoms with Gasteiger partial charge in [-0.25, -0.2) is 19.2 Å². The molecule has 0 spiro atoms. The zero-order chi connectivity index (χ0) is 18.4. The first-order valence-electron chi connectivity index (χ1n) is 6.78. The van der Waals surface area contributed by atoms with Crippen molar-refractivity contribution >= 4 is 23.9 Å². The van der Waals surface area contributed by atoms with Crippen molar-refractivity contribution in [3.63, 3.8) is 0 Å². The van der Waals surface area contributed by atoms with Crippen molar-refractivity contribution in [1.29, 1.82) is 0 Å². The molecule has 0 aliphatic rings. The molecule has 132 valence electrons. The third kappa shape index (κ3) is 4.47. The number of hydrogen-bond donors (Lipinski definition) is 1. The molecular formula is C15H12O10. The summed E-state index contributed by atoms with van der Waals surface area (Å²) in [5.74, 6) is -4.91. The summed E-state index contributed by atoms with van der Waals surface area (Å²) >= 11 is 0. The molecule has 0 aromatic carbocycles. The Morgan fingerprint density at radius 3 is 1.60 bits per heavy atom. The maximum absolute atomic E-state index is 11.7. The summed E-state index contributed by atoms with van der Waals surface area (Å²) in [7, 11) is 1.16. The van der Waals surface area contributed by atoms with Gasteiger partial charge in [0.2, 0.25) is 23.0 Å². The van der Waals surface area contributed by atoms with Crippen molar-refractivity contribution in [1.82, 2.24) is 0 Å². The number of hydrogen-bond acceptors (Lipinski definition) is 9. The van der Waals surface area contributed by atoms with Gasteiger partial charge in [0, 0.05) is 0 Å². The number of aromatic carboxylic acids is 1. The molecule has 0 aliphatic heterocycles. The first-order valence-corrected chi connectivity index (χ1v) is 6.78. The summed E-state index contributed by atoms with van der Waals surface area (Å²) in [6.07, 6.45) is 0. The Morgan fingerprint density at radius 1 is 0.800 bits per heavy atom. The average Bonchev–Trinajstić information content (AvgIpc) is 3.27. The highest BCUT2D eigenvalue weighted by molar-refractivity contribution is 5.91. The fraction of sp³-hybridized carbons (Fsp3) is 0.200. The molecule has 1 N–H and O–H groups in total. The molecule has 2 aromatic heterocycles. The van der Waals surface area contributed by atoms with Gasteiger partial charge in [0.15, 0.2) is 0 Å². The van der Waals surface area contributed by atoms with E-state index in [1.54, 1.807) is 0 Å². The van der Waals surface area contributed by atoms with E-state index in [2.05, 4.69) is 4.74 Å². The molecule has 0 saturated carbocycles. The second-order valence-corrected chi connectivity index (χ2v) is 4.40. The molecule has 0 amide bonds. The largest absolute Gasteiger partial charge is 0.475 e. The van der Waals surface area contributed by atoms with Crippen LogP contribution < -0.4 is 0 Å². The predicted octanol–water partition coefficient (Wildman–Crippen LogP) is 1.37. The number of ether oxygens (including phenoxy) is 3. The van der Waals surface area contributed by atoms with Gasteiger partial charge in [-0.15, -0.1) is 0 Å². The van der Waals surface area contributed by atoms with Crippen LogP contribution in [0.2, 0.25) is 0 Å². The fourth-order valence-electron chi connectivity index (χ4n) is 1.63. The van der Waals surface area contributed by atoms with E-state index in [1.165, 1.54) is 12.1 Å². The van der Waals surface area contributed by atoms with Gasteiger partial charge < -0.3 is 28.2 Å². The number of furan rings is 2. The highest BCUT2D eigenvalue weighted by atomic mass is 16.6. The van der Waals surface area contributed by atoms with Crippen molar-refractivity contribution in [3.05, 3.63) is 47.3 Å². The third-order valence-corrected chi connectivity index (χ3v) is 2.76. The molecule has 0 saturated heterocycles. The normalized spacial score (nSPS) is 10.1. The third-order valence-electron chi connectivity index (χ3n) is 2.76. The summed E-state index contributed by atoms with van der Waals surface area (Å²) in [5, 5.41) is 8.67. The Balaban J connectivity index is 1.77. The highest BCUT2D eigenvalue weighted by Crippen LogP contribution is 2.11. The summed E-state index contributed by atoms with van der Waals surface area (Å²) in [6, 6.07) is 4.74. The maximum Gasteiger partial charge on any atom is 0.374 e.